The number of aliphatic hydroxyl groups is 1. The Kier molecular flexibility index (Phi) is 6.83. The van der Waals surface area contributed by atoms with Crippen LogP contribution in [0.3, 0.4) is 0 Å². The smallest absolute Gasteiger partial charge is 0.374 e. The van der Waals surface area contributed by atoms with Crippen molar-refractivity contribution >= 4 is 10.9 Å². The Balaban J connectivity index is 1.60. The molecule has 7 nitrogen and oxygen atoms in total. The van der Waals surface area contributed by atoms with Gasteiger partial charge >= 0.3 is 6.18 Å². The van der Waals surface area contributed by atoms with Crippen molar-refractivity contribution in [1.29, 1.82) is 5.26 Å². The van der Waals surface area contributed by atoms with Crippen molar-refractivity contribution in [1.82, 2.24) is 24.1 Å². The summed E-state index contributed by atoms with van der Waals surface area (Å²) in [6.45, 7) is 0. The fraction of sp³-hybridized carbons (Fsp3) is 0.152. The number of hydrogen-bond donors (Lipinski definition) is 1. The van der Waals surface area contributed by atoms with E-state index in [0.29, 0.717) is 39.8 Å². The molecule has 0 spiro atoms. The highest BCUT2D eigenvalue weighted by molar-refractivity contribution is 5.90. The lowest BCUT2D eigenvalue weighted by atomic mass is 9.83. The minimum atomic E-state index is -4.63. The summed E-state index contributed by atoms with van der Waals surface area (Å²) in [6, 6.07) is 21.2. The van der Waals surface area contributed by atoms with Crippen molar-refractivity contribution in [2.45, 2.75) is 18.2 Å². The topological polar surface area (TPSA) is 92.5 Å². The van der Waals surface area contributed by atoms with Gasteiger partial charge in [0.25, 0.3) is 0 Å². The lowest BCUT2D eigenvalue weighted by molar-refractivity contribution is -0.141. The number of hydrogen-bond acceptors (Lipinski definition) is 5. The van der Waals surface area contributed by atoms with Crippen LogP contribution in [0, 0.1) is 11.3 Å². The predicted octanol–water partition coefficient (Wildman–Crippen LogP) is 6.13. The number of nitriles is 1. The van der Waals surface area contributed by atoms with E-state index in [2.05, 4.69) is 16.0 Å². The Morgan fingerprint density at radius 3 is 2.33 bits per heavy atom. The van der Waals surface area contributed by atoms with E-state index in [1.54, 1.807) is 29.8 Å². The van der Waals surface area contributed by atoms with Gasteiger partial charge < -0.3 is 14.2 Å². The number of imidazole rings is 1. The second kappa shape index (κ2) is 10.5. The lowest BCUT2D eigenvalue weighted by Gasteiger charge is -2.30. The molecular formula is C33H25F3N6O. The van der Waals surface area contributed by atoms with Crippen molar-refractivity contribution in [2.24, 2.45) is 14.1 Å². The first kappa shape index (κ1) is 27.9. The highest BCUT2D eigenvalue weighted by Crippen LogP contribution is 2.40. The minimum Gasteiger partial charge on any atom is -0.374 e. The number of aryl methyl sites for hydroxylation is 2. The molecule has 6 aromatic rings. The summed E-state index contributed by atoms with van der Waals surface area (Å²) in [7, 11) is 3.59. The first-order chi connectivity index (χ1) is 20.6. The first-order valence-electron chi connectivity index (χ1n) is 13.4. The predicted molar refractivity (Wildman–Crippen MR) is 155 cm³/mol. The molecule has 0 aliphatic rings. The molecule has 0 aliphatic heterocycles. The third-order valence-corrected chi connectivity index (χ3v) is 7.60. The van der Waals surface area contributed by atoms with E-state index in [1.807, 2.05) is 60.4 Å². The SMILES string of the molecule is Cn1ccc(-c2nc3ccc(C(O)(c4ccc(C(F)(F)F)nc4)c4cncn4C)cc3c(C#N)c2Cc2ccccc2)c1. The van der Waals surface area contributed by atoms with Gasteiger partial charge in [-0.3, -0.25) is 4.98 Å². The van der Waals surface area contributed by atoms with Crippen molar-refractivity contribution in [3.8, 4) is 17.3 Å². The number of fused-ring (bicyclic) bond motifs is 1. The van der Waals surface area contributed by atoms with Crippen LogP contribution in [0.2, 0.25) is 0 Å². The Labute approximate surface area is 245 Å². The number of nitrogens with zero attached hydrogens (tertiary/aromatic N) is 6. The molecule has 0 radical (unpaired) electrons. The van der Waals surface area contributed by atoms with Crippen LogP contribution in [0.5, 0.6) is 0 Å². The molecular weight excluding hydrogens is 553 g/mol. The molecule has 0 aliphatic carbocycles. The molecule has 1 unspecified atom stereocenters. The molecule has 2 aromatic carbocycles. The lowest BCUT2D eigenvalue weighted by Crippen LogP contribution is -2.31. The van der Waals surface area contributed by atoms with Crippen molar-refractivity contribution in [3.63, 3.8) is 0 Å². The molecule has 43 heavy (non-hydrogen) atoms. The van der Waals surface area contributed by atoms with E-state index in [-0.39, 0.29) is 5.56 Å². The van der Waals surface area contributed by atoms with Crippen molar-refractivity contribution < 1.29 is 18.3 Å². The molecule has 214 valence electrons. The fourth-order valence-corrected chi connectivity index (χ4v) is 5.45. The number of halogens is 3. The zero-order valence-electron chi connectivity index (χ0n) is 23.2. The monoisotopic (exact) mass is 578 g/mol. The van der Waals surface area contributed by atoms with Crippen LogP contribution < -0.4 is 0 Å². The molecule has 0 fully saturated rings. The van der Waals surface area contributed by atoms with E-state index in [4.69, 9.17) is 4.98 Å². The van der Waals surface area contributed by atoms with Gasteiger partial charge in [0.05, 0.1) is 35.0 Å². The Morgan fingerprint density at radius 1 is 0.953 bits per heavy atom. The van der Waals surface area contributed by atoms with Gasteiger partial charge in [-0.15, -0.1) is 0 Å². The summed E-state index contributed by atoms with van der Waals surface area (Å²) in [5, 5.41) is 23.4. The summed E-state index contributed by atoms with van der Waals surface area (Å²) in [4.78, 5) is 12.7. The van der Waals surface area contributed by atoms with E-state index < -0.39 is 17.5 Å². The van der Waals surface area contributed by atoms with Gasteiger partial charge in [0.15, 0.2) is 5.60 Å². The summed E-state index contributed by atoms with van der Waals surface area (Å²) in [5.41, 5.74) is 1.92. The average molecular weight is 579 g/mol. The molecule has 0 amide bonds. The molecule has 0 bridgehead atoms. The molecule has 4 aromatic heterocycles. The highest BCUT2D eigenvalue weighted by Gasteiger charge is 2.39. The van der Waals surface area contributed by atoms with Gasteiger partial charge in [-0.25, -0.2) is 9.97 Å². The summed E-state index contributed by atoms with van der Waals surface area (Å²) in [6.07, 6.45) is 3.62. The standard InChI is InChI=1S/C33H25F3N6O/c1-41-13-12-22(19-41)31-26(14-21-6-4-3-5-7-21)27(16-37)25-15-23(8-10-28(25)40-31)32(43,30-18-38-20-42(30)2)24-9-11-29(39-17-24)33(34,35)36/h3-13,15,17-20,43H,14H2,1-2H3. The van der Waals surface area contributed by atoms with Gasteiger partial charge in [0.1, 0.15) is 11.8 Å². The Hall–Kier alpha value is -5.27. The fourth-order valence-electron chi connectivity index (χ4n) is 5.45. The minimum absolute atomic E-state index is 0.111. The average Bonchev–Trinajstić information content (AvgIpc) is 3.64. The molecule has 4 heterocycles. The number of rotatable bonds is 6. The molecule has 6 rings (SSSR count). The van der Waals surface area contributed by atoms with Gasteiger partial charge in [-0.1, -0.05) is 42.5 Å². The molecule has 1 N–H and O–H groups in total. The van der Waals surface area contributed by atoms with Crippen molar-refractivity contribution in [2.75, 3.05) is 0 Å². The number of benzene rings is 2. The Morgan fingerprint density at radius 2 is 1.72 bits per heavy atom. The van der Waals surface area contributed by atoms with E-state index in [9.17, 15) is 23.5 Å². The summed E-state index contributed by atoms with van der Waals surface area (Å²) < 4.78 is 43.4. The van der Waals surface area contributed by atoms with Crippen molar-refractivity contribution in [3.05, 3.63) is 137 Å². The summed E-state index contributed by atoms with van der Waals surface area (Å²) >= 11 is 0. The quantitative estimate of drug-likeness (QED) is 0.257. The normalized spacial score (nSPS) is 13.1. The maximum atomic E-state index is 13.3. The van der Waals surface area contributed by atoms with Gasteiger partial charge in [0, 0.05) is 61.2 Å². The second-order valence-corrected chi connectivity index (χ2v) is 10.4. The van der Waals surface area contributed by atoms with Crippen LogP contribution in [0.15, 0.2) is 97.8 Å². The third-order valence-electron chi connectivity index (χ3n) is 7.60. The maximum absolute atomic E-state index is 13.3. The molecule has 1 atom stereocenters. The molecule has 0 saturated carbocycles. The second-order valence-electron chi connectivity index (χ2n) is 10.4. The van der Waals surface area contributed by atoms with Crippen LogP contribution in [-0.4, -0.2) is 29.2 Å². The van der Waals surface area contributed by atoms with Crippen LogP contribution in [0.25, 0.3) is 22.2 Å². The number of alkyl halides is 3. The number of pyridine rings is 2. The third kappa shape index (κ3) is 4.94. The van der Waals surface area contributed by atoms with Gasteiger partial charge in [-0.2, -0.15) is 18.4 Å². The van der Waals surface area contributed by atoms with Crippen LogP contribution >= 0.6 is 0 Å². The van der Waals surface area contributed by atoms with Gasteiger partial charge in [-0.05, 0) is 35.4 Å². The zero-order valence-corrected chi connectivity index (χ0v) is 23.2. The highest BCUT2D eigenvalue weighted by atomic mass is 19.4. The van der Waals surface area contributed by atoms with Crippen LogP contribution in [0.1, 0.15) is 39.2 Å². The largest absolute Gasteiger partial charge is 0.433 e. The van der Waals surface area contributed by atoms with Crippen LogP contribution in [0.4, 0.5) is 13.2 Å². The maximum Gasteiger partial charge on any atom is 0.433 e. The Bertz CT molecular complexity index is 1990. The van der Waals surface area contributed by atoms with E-state index in [0.717, 1.165) is 29.0 Å². The van der Waals surface area contributed by atoms with Crippen LogP contribution in [-0.2, 0) is 32.3 Å². The zero-order chi connectivity index (χ0) is 30.4. The number of aromatic nitrogens is 5. The summed E-state index contributed by atoms with van der Waals surface area (Å²) in [5.74, 6) is 0. The van der Waals surface area contributed by atoms with E-state index >= 15 is 0 Å². The molecule has 0 saturated heterocycles. The van der Waals surface area contributed by atoms with E-state index in [1.165, 1.54) is 18.6 Å². The molecule has 10 heteroatoms. The van der Waals surface area contributed by atoms with Gasteiger partial charge in [0.2, 0.25) is 0 Å². The first-order valence-corrected chi connectivity index (χ1v) is 13.4.